The lowest BCUT2D eigenvalue weighted by molar-refractivity contribution is -0.140. The molecule has 0 aromatic carbocycles. The molecule has 0 aliphatic rings. The van der Waals surface area contributed by atoms with Crippen LogP contribution in [0.5, 0.6) is 0 Å². The first-order valence-electron chi connectivity index (χ1n) is 5.05. The number of hydrogen-bond donors (Lipinski definition) is 2. The van der Waals surface area contributed by atoms with Gasteiger partial charge in [-0.15, -0.1) is 10.2 Å². The van der Waals surface area contributed by atoms with Crippen molar-refractivity contribution < 1.29 is 14.7 Å². The summed E-state index contributed by atoms with van der Waals surface area (Å²) < 4.78 is 0. The molecule has 0 spiro atoms. The van der Waals surface area contributed by atoms with Crippen LogP contribution in [-0.4, -0.2) is 33.2 Å². The van der Waals surface area contributed by atoms with Crippen molar-refractivity contribution in [1.29, 1.82) is 0 Å². The monoisotopic (exact) mass is 291 g/mol. The summed E-state index contributed by atoms with van der Waals surface area (Å²) >= 11 is 11.3. The minimum Gasteiger partial charge on any atom is -0.480 e. The van der Waals surface area contributed by atoms with Gasteiger partial charge >= 0.3 is 5.97 Å². The van der Waals surface area contributed by atoms with E-state index < -0.39 is 17.9 Å². The maximum atomic E-state index is 11.9. The Balaban J connectivity index is 2.94. The van der Waals surface area contributed by atoms with Crippen LogP contribution in [0.3, 0.4) is 0 Å². The van der Waals surface area contributed by atoms with Crippen molar-refractivity contribution in [3.05, 3.63) is 21.9 Å². The normalized spacial score (nSPS) is 12.3. The maximum absolute atomic E-state index is 11.9. The molecule has 1 aromatic heterocycles. The number of hydrogen-bond acceptors (Lipinski definition) is 4. The molecule has 1 heterocycles. The summed E-state index contributed by atoms with van der Waals surface area (Å²) in [7, 11) is 0. The van der Waals surface area contributed by atoms with Gasteiger partial charge in [0.25, 0.3) is 5.91 Å². The third-order valence-electron chi connectivity index (χ3n) is 2.18. The van der Waals surface area contributed by atoms with Gasteiger partial charge in [-0.2, -0.15) is 0 Å². The van der Waals surface area contributed by atoms with Gasteiger partial charge in [0.05, 0.1) is 5.56 Å². The quantitative estimate of drug-likeness (QED) is 0.879. The first-order chi connectivity index (χ1) is 8.32. The Morgan fingerprint density at radius 2 is 1.94 bits per heavy atom. The molecule has 0 aliphatic heterocycles. The Bertz CT molecular complexity index is 479. The fourth-order valence-corrected chi connectivity index (χ4v) is 1.57. The molecule has 0 bridgehead atoms. The molecule has 6 nitrogen and oxygen atoms in total. The number of nitrogens with zero attached hydrogens (tertiary/aromatic N) is 2. The van der Waals surface area contributed by atoms with E-state index in [0.717, 1.165) is 0 Å². The van der Waals surface area contributed by atoms with Gasteiger partial charge in [0.1, 0.15) is 6.04 Å². The minimum absolute atomic E-state index is 0.000900. The molecule has 0 aliphatic carbocycles. The maximum Gasteiger partial charge on any atom is 0.326 e. The van der Waals surface area contributed by atoms with Crippen molar-refractivity contribution in [3.63, 3.8) is 0 Å². The van der Waals surface area contributed by atoms with Gasteiger partial charge in [-0.1, -0.05) is 37.0 Å². The van der Waals surface area contributed by atoms with Gasteiger partial charge in [0.2, 0.25) is 0 Å². The summed E-state index contributed by atoms with van der Waals surface area (Å²) in [5.41, 5.74) is -0.0106. The van der Waals surface area contributed by atoms with E-state index in [9.17, 15) is 9.59 Å². The molecule has 1 atom stereocenters. The zero-order valence-corrected chi connectivity index (χ0v) is 11.2. The van der Waals surface area contributed by atoms with E-state index in [2.05, 4.69) is 15.5 Å². The van der Waals surface area contributed by atoms with Crippen LogP contribution in [0.4, 0.5) is 0 Å². The topological polar surface area (TPSA) is 92.2 Å². The number of aromatic nitrogens is 2. The number of carboxylic acid groups (broad SMARTS) is 1. The summed E-state index contributed by atoms with van der Waals surface area (Å²) in [6, 6.07) is 0.214. The van der Waals surface area contributed by atoms with Gasteiger partial charge in [-0.25, -0.2) is 4.79 Å². The van der Waals surface area contributed by atoms with Gasteiger partial charge < -0.3 is 10.4 Å². The first-order valence-corrected chi connectivity index (χ1v) is 5.81. The third kappa shape index (κ3) is 3.54. The number of rotatable bonds is 4. The fourth-order valence-electron chi connectivity index (χ4n) is 1.24. The third-order valence-corrected chi connectivity index (χ3v) is 2.65. The second-order valence-electron chi connectivity index (χ2n) is 3.90. The van der Waals surface area contributed by atoms with E-state index in [0.29, 0.717) is 0 Å². The average molecular weight is 292 g/mol. The molecule has 98 valence electrons. The molecule has 0 radical (unpaired) electrons. The van der Waals surface area contributed by atoms with Gasteiger partial charge in [0.15, 0.2) is 10.3 Å². The minimum atomic E-state index is -1.12. The highest BCUT2D eigenvalue weighted by Gasteiger charge is 2.25. The first kappa shape index (κ1) is 14.7. The van der Waals surface area contributed by atoms with Crippen LogP contribution in [0, 0.1) is 5.92 Å². The van der Waals surface area contributed by atoms with Crippen molar-refractivity contribution in [2.45, 2.75) is 19.9 Å². The zero-order valence-electron chi connectivity index (χ0n) is 9.65. The van der Waals surface area contributed by atoms with E-state index in [4.69, 9.17) is 28.3 Å². The number of carbonyl (C=O) groups excluding carboxylic acids is 1. The van der Waals surface area contributed by atoms with Crippen LogP contribution in [-0.2, 0) is 4.79 Å². The van der Waals surface area contributed by atoms with E-state index in [1.807, 2.05) is 0 Å². The Kier molecular flexibility index (Phi) is 4.86. The summed E-state index contributed by atoms with van der Waals surface area (Å²) in [6.45, 7) is 3.36. The Morgan fingerprint density at radius 1 is 1.33 bits per heavy atom. The van der Waals surface area contributed by atoms with Gasteiger partial charge in [-0.05, 0) is 12.0 Å². The summed E-state index contributed by atoms with van der Waals surface area (Å²) in [4.78, 5) is 22.8. The Hall–Kier alpha value is -1.40. The largest absolute Gasteiger partial charge is 0.480 e. The van der Waals surface area contributed by atoms with Crippen molar-refractivity contribution in [1.82, 2.24) is 15.5 Å². The second-order valence-corrected chi connectivity index (χ2v) is 4.65. The SMILES string of the molecule is CC(C)[C@H](NC(=O)c1cc(Cl)nnc1Cl)C(=O)O. The van der Waals surface area contributed by atoms with Crippen LogP contribution >= 0.6 is 23.2 Å². The number of carboxylic acids is 1. The summed E-state index contributed by atoms with van der Waals surface area (Å²) in [5.74, 6) is -2.05. The molecule has 2 N–H and O–H groups in total. The second kappa shape index (κ2) is 5.97. The smallest absolute Gasteiger partial charge is 0.326 e. The van der Waals surface area contributed by atoms with E-state index in [1.54, 1.807) is 13.8 Å². The van der Waals surface area contributed by atoms with E-state index in [-0.39, 0.29) is 21.8 Å². The molecule has 8 heteroatoms. The van der Waals surface area contributed by atoms with Crippen molar-refractivity contribution in [2.24, 2.45) is 5.92 Å². The molecule has 0 unspecified atom stereocenters. The molecule has 1 aromatic rings. The van der Waals surface area contributed by atoms with Crippen LogP contribution in [0.15, 0.2) is 6.07 Å². The summed E-state index contributed by atoms with van der Waals surface area (Å²) in [6.07, 6.45) is 0. The number of nitrogens with one attached hydrogen (secondary N) is 1. The Morgan fingerprint density at radius 3 is 2.44 bits per heavy atom. The molecular formula is C10H11Cl2N3O3. The lowest BCUT2D eigenvalue weighted by atomic mass is 10.0. The molecule has 0 saturated carbocycles. The van der Waals surface area contributed by atoms with E-state index >= 15 is 0 Å². The highest BCUT2D eigenvalue weighted by atomic mass is 35.5. The lowest BCUT2D eigenvalue weighted by Gasteiger charge is -2.17. The molecule has 1 amide bonds. The van der Waals surface area contributed by atoms with Crippen LogP contribution in [0.1, 0.15) is 24.2 Å². The summed E-state index contributed by atoms with van der Waals surface area (Å²) in [5, 5.41) is 18.1. The van der Waals surface area contributed by atoms with Crippen LogP contribution < -0.4 is 5.32 Å². The van der Waals surface area contributed by atoms with Crippen molar-refractivity contribution in [2.75, 3.05) is 0 Å². The van der Waals surface area contributed by atoms with Crippen molar-refractivity contribution in [3.8, 4) is 0 Å². The number of carbonyl (C=O) groups is 2. The molecule has 1 rings (SSSR count). The van der Waals surface area contributed by atoms with Crippen LogP contribution in [0.2, 0.25) is 10.3 Å². The number of aliphatic carboxylic acids is 1. The molecule has 0 saturated heterocycles. The standard InChI is InChI=1S/C10H11Cl2N3O3/c1-4(2)7(10(17)18)13-9(16)5-3-6(11)14-15-8(5)12/h3-4,7H,1-2H3,(H,13,16)(H,17,18)/t7-/m0/s1. The molecular weight excluding hydrogens is 281 g/mol. The highest BCUT2D eigenvalue weighted by Crippen LogP contribution is 2.16. The van der Waals surface area contributed by atoms with E-state index in [1.165, 1.54) is 6.07 Å². The predicted octanol–water partition coefficient (Wildman–Crippen LogP) is 1.62. The lowest BCUT2D eigenvalue weighted by Crippen LogP contribution is -2.44. The molecule has 18 heavy (non-hydrogen) atoms. The zero-order chi connectivity index (χ0) is 13.9. The number of amides is 1. The molecule has 0 fully saturated rings. The number of halogens is 2. The predicted molar refractivity (Wildman–Crippen MR) is 65.8 cm³/mol. The fraction of sp³-hybridized carbons (Fsp3) is 0.400. The van der Waals surface area contributed by atoms with Crippen molar-refractivity contribution >= 4 is 35.1 Å². The van der Waals surface area contributed by atoms with Gasteiger partial charge in [-0.3, -0.25) is 4.79 Å². The van der Waals surface area contributed by atoms with Gasteiger partial charge in [0, 0.05) is 0 Å². The Labute approximate surface area is 113 Å². The average Bonchev–Trinajstić information content (AvgIpc) is 2.28. The van der Waals surface area contributed by atoms with Crippen LogP contribution in [0.25, 0.3) is 0 Å². The highest BCUT2D eigenvalue weighted by molar-refractivity contribution is 6.34.